The van der Waals surface area contributed by atoms with Crippen LogP contribution in [0.4, 0.5) is 10.5 Å². The monoisotopic (exact) mass is 415 g/mol. The highest BCUT2D eigenvalue weighted by Gasteiger charge is 2.16. The van der Waals surface area contributed by atoms with Gasteiger partial charge < -0.3 is 37.8 Å². The molecule has 0 aliphatic carbocycles. The number of nitrogens with zero attached hydrogens (tertiary/aromatic N) is 1. The zero-order valence-corrected chi connectivity index (χ0v) is 18.4. The molecule has 0 saturated heterocycles. The zero-order chi connectivity index (χ0) is 20.6. The molecule has 0 aromatic heterocycles. The van der Waals surface area contributed by atoms with Gasteiger partial charge in [0.05, 0.1) is 5.56 Å². The number of hydrogen-bond acceptors (Lipinski definition) is 5. The maximum absolute atomic E-state index is 12.2. The lowest BCUT2D eigenvalue weighted by Gasteiger charge is -2.23. The van der Waals surface area contributed by atoms with E-state index in [0.717, 1.165) is 0 Å². The Morgan fingerprint density at radius 1 is 1.25 bits per heavy atom. The molecule has 0 fully saturated rings. The number of carbonyl (C=O) groups excluding carboxylic acids is 2. The van der Waals surface area contributed by atoms with Crippen molar-refractivity contribution in [3.8, 4) is 5.75 Å². The molecule has 7 nitrogen and oxygen atoms in total. The van der Waals surface area contributed by atoms with Crippen molar-refractivity contribution in [2.75, 3.05) is 31.6 Å². The Labute approximate surface area is 175 Å². The molecule has 1 aromatic rings. The van der Waals surface area contributed by atoms with Crippen molar-refractivity contribution in [3.63, 3.8) is 0 Å². The molecular formula is C20H34ClN3O4. The molecule has 0 heterocycles. The van der Waals surface area contributed by atoms with Crippen molar-refractivity contribution in [2.45, 2.75) is 53.2 Å². The number of urea groups is 1. The number of halogens is 1. The van der Waals surface area contributed by atoms with Gasteiger partial charge in [-0.25, -0.2) is 4.79 Å². The van der Waals surface area contributed by atoms with E-state index in [1.807, 2.05) is 34.6 Å². The summed E-state index contributed by atoms with van der Waals surface area (Å²) in [5.41, 5.74) is 0.790. The number of ether oxygens (including phenoxy) is 1. The number of aliphatic hydroxyl groups excluding tert-OH is 1. The SMILES string of the molecule is CCN(CC)C(=O)Nc1ccc(OCC(O)CNC(C)(C)C)c(C(C)=O)c1.[Cl-].[H+]. The van der Waals surface area contributed by atoms with Gasteiger partial charge in [-0.15, -0.1) is 0 Å². The highest BCUT2D eigenvalue weighted by atomic mass is 35.5. The fourth-order valence-electron chi connectivity index (χ4n) is 2.39. The van der Waals surface area contributed by atoms with E-state index in [4.69, 9.17) is 4.74 Å². The fraction of sp³-hybridized carbons (Fsp3) is 0.600. The maximum atomic E-state index is 12.2. The molecule has 0 aliphatic rings. The lowest BCUT2D eigenvalue weighted by Crippen LogP contribution is -3.00. The van der Waals surface area contributed by atoms with Crippen LogP contribution < -0.4 is 27.8 Å². The number of nitrogens with one attached hydrogen (secondary N) is 2. The summed E-state index contributed by atoms with van der Waals surface area (Å²) in [5.74, 6) is 0.212. The second kappa shape index (κ2) is 11.9. The van der Waals surface area contributed by atoms with Crippen LogP contribution in [0.3, 0.4) is 0 Å². The van der Waals surface area contributed by atoms with Gasteiger partial charge in [0.15, 0.2) is 5.78 Å². The van der Waals surface area contributed by atoms with Crippen LogP contribution >= 0.6 is 0 Å². The molecular weight excluding hydrogens is 382 g/mol. The van der Waals surface area contributed by atoms with Crippen molar-refractivity contribution >= 4 is 17.5 Å². The van der Waals surface area contributed by atoms with E-state index >= 15 is 0 Å². The Morgan fingerprint density at radius 3 is 2.36 bits per heavy atom. The summed E-state index contributed by atoms with van der Waals surface area (Å²) in [6.07, 6.45) is -0.703. The standard InChI is InChI=1S/C20H33N3O4.ClH/c1-7-23(8-2)19(26)22-15-9-10-18(17(11-15)14(3)24)27-13-16(25)12-21-20(4,5)6;/h9-11,16,21,25H,7-8,12-13H2,1-6H3,(H,22,26);1H. The van der Waals surface area contributed by atoms with Crippen LogP contribution in [-0.2, 0) is 0 Å². The number of hydrogen-bond donors (Lipinski definition) is 3. The van der Waals surface area contributed by atoms with E-state index in [0.29, 0.717) is 36.6 Å². The van der Waals surface area contributed by atoms with Crippen LogP contribution in [0, 0.1) is 0 Å². The first-order chi connectivity index (χ1) is 12.6. The number of ketones is 1. The van der Waals surface area contributed by atoms with Crippen molar-refractivity contribution in [1.29, 1.82) is 0 Å². The summed E-state index contributed by atoms with van der Waals surface area (Å²) in [4.78, 5) is 25.8. The molecule has 0 bridgehead atoms. The molecule has 0 spiro atoms. The smallest absolute Gasteiger partial charge is 1.00 e. The molecule has 3 N–H and O–H groups in total. The molecule has 0 radical (unpaired) electrons. The molecule has 0 saturated carbocycles. The van der Waals surface area contributed by atoms with Gasteiger partial charge in [-0.1, -0.05) is 0 Å². The van der Waals surface area contributed by atoms with Gasteiger partial charge in [0.1, 0.15) is 18.5 Å². The van der Waals surface area contributed by atoms with Gasteiger partial charge in [0.2, 0.25) is 0 Å². The first-order valence-corrected chi connectivity index (χ1v) is 9.34. The predicted molar refractivity (Wildman–Crippen MR) is 109 cm³/mol. The zero-order valence-electron chi connectivity index (χ0n) is 18.6. The van der Waals surface area contributed by atoms with Gasteiger partial charge in [-0.2, -0.15) is 0 Å². The van der Waals surface area contributed by atoms with Crippen molar-refractivity contribution < 1.29 is 33.3 Å². The molecule has 160 valence electrons. The van der Waals surface area contributed by atoms with Gasteiger partial charge in [0, 0.05) is 30.9 Å². The second-order valence-corrected chi connectivity index (χ2v) is 7.47. The third-order valence-electron chi connectivity index (χ3n) is 3.96. The minimum Gasteiger partial charge on any atom is -1.00 e. The molecule has 1 aromatic carbocycles. The molecule has 1 rings (SSSR count). The van der Waals surface area contributed by atoms with E-state index in [9.17, 15) is 14.7 Å². The predicted octanol–water partition coefficient (Wildman–Crippen LogP) is 0.00720. The van der Waals surface area contributed by atoms with Crippen LogP contribution in [0.5, 0.6) is 5.75 Å². The number of benzene rings is 1. The topological polar surface area (TPSA) is 90.9 Å². The van der Waals surface area contributed by atoms with Crippen LogP contribution in [-0.4, -0.2) is 59.7 Å². The summed E-state index contributed by atoms with van der Waals surface area (Å²) in [5, 5.41) is 16.0. The Kier molecular flexibility index (Phi) is 11.1. The molecule has 1 unspecified atom stereocenters. The molecule has 0 aliphatic heterocycles. The van der Waals surface area contributed by atoms with Crippen molar-refractivity contribution in [3.05, 3.63) is 23.8 Å². The van der Waals surface area contributed by atoms with Gasteiger partial charge in [0.25, 0.3) is 0 Å². The third-order valence-corrected chi connectivity index (χ3v) is 3.96. The number of β-amino-alcohol motifs (C(OH)–C–C–N with tert-alkyl or cyclic N) is 1. The molecule has 8 heteroatoms. The second-order valence-electron chi connectivity index (χ2n) is 7.47. The number of carbonyl (C=O) groups is 2. The van der Waals surface area contributed by atoms with Crippen molar-refractivity contribution in [2.24, 2.45) is 0 Å². The maximum Gasteiger partial charge on any atom is 1.00 e. The van der Waals surface area contributed by atoms with Crippen molar-refractivity contribution in [1.82, 2.24) is 10.2 Å². The van der Waals surface area contributed by atoms with Crippen LogP contribution in [0.2, 0.25) is 0 Å². The summed E-state index contributed by atoms with van der Waals surface area (Å²) >= 11 is 0. The van der Waals surface area contributed by atoms with E-state index < -0.39 is 6.10 Å². The first-order valence-electron chi connectivity index (χ1n) is 9.34. The van der Waals surface area contributed by atoms with E-state index in [1.165, 1.54) is 6.92 Å². The number of Topliss-reactive ketones (excluding diaryl/α,β-unsaturated/α-hetero) is 1. The third kappa shape index (κ3) is 8.91. The minimum absolute atomic E-state index is 0. The Bertz CT molecular complexity index is 649. The van der Waals surface area contributed by atoms with Crippen LogP contribution in [0.15, 0.2) is 18.2 Å². The summed E-state index contributed by atoms with van der Waals surface area (Å²) in [6.45, 7) is 12.9. The molecule has 1 atom stereocenters. The molecule has 2 amide bonds. The Balaban J connectivity index is 0. The van der Waals surface area contributed by atoms with Gasteiger partial charge in [-0.3, -0.25) is 4.79 Å². The Morgan fingerprint density at radius 2 is 1.86 bits per heavy atom. The van der Waals surface area contributed by atoms with Gasteiger partial charge >= 0.3 is 7.46 Å². The lowest BCUT2D eigenvalue weighted by atomic mass is 10.1. The van der Waals surface area contributed by atoms with Crippen LogP contribution in [0.25, 0.3) is 0 Å². The van der Waals surface area contributed by atoms with E-state index in [-0.39, 0.29) is 37.8 Å². The van der Waals surface area contributed by atoms with E-state index in [2.05, 4.69) is 10.6 Å². The highest BCUT2D eigenvalue weighted by Crippen LogP contribution is 2.24. The first kappa shape index (κ1) is 26.2. The molecule has 28 heavy (non-hydrogen) atoms. The highest BCUT2D eigenvalue weighted by molar-refractivity contribution is 5.99. The number of amides is 2. The largest absolute Gasteiger partial charge is 1.00 e. The summed E-state index contributed by atoms with van der Waals surface area (Å²) in [7, 11) is 0. The summed E-state index contributed by atoms with van der Waals surface area (Å²) in [6, 6.07) is 4.70. The average Bonchev–Trinajstić information content (AvgIpc) is 2.59. The minimum atomic E-state index is -0.703. The van der Waals surface area contributed by atoms with E-state index in [1.54, 1.807) is 23.1 Å². The number of rotatable bonds is 9. The number of aliphatic hydroxyl groups is 1. The summed E-state index contributed by atoms with van der Waals surface area (Å²) < 4.78 is 5.64. The van der Waals surface area contributed by atoms with Crippen LogP contribution in [0.1, 0.15) is 53.3 Å². The number of anilines is 1. The average molecular weight is 416 g/mol. The van der Waals surface area contributed by atoms with Gasteiger partial charge in [-0.05, 0) is 59.7 Å². The lowest BCUT2D eigenvalue weighted by molar-refractivity contribution is -0.0000193. The quantitative estimate of drug-likeness (QED) is 0.494. The Hall–Kier alpha value is -1.83. The normalized spacial score (nSPS) is 12.0. The fourth-order valence-corrected chi connectivity index (χ4v) is 2.39.